The molecule has 0 bridgehead atoms. The first-order chi connectivity index (χ1) is 3.29. The average Bonchev–Trinajstić information content (AvgIpc) is 1.87. The van der Waals surface area contributed by atoms with E-state index in [0.29, 0.717) is 0 Å². The molecule has 1 radical (unpaired) electrons. The lowest BCUT2D eigenvalue weighted by molar-refractivity contribution is 1.50. The molecule has 2 heteroatoms. The van der Waals surface area contributed by atoms with Gasteiger partial charge in [0.05, 0.1) is 0 Å². The molecule has 0 aliphatic heterocycles. The molecule has 37 valence electrons. The summed E-state index contributed by atoms with van der Waals surface area (Å²) in [5.41, 5.74) is 0. The van der Waals surface area contributed by atoms with Crippen LogP contribution in [0.2, 0.25) is 0 Å². The number of hydrogen-bond donors (Lipinski definition) is 1. The summed E-state index contributed by atoms with van der Waals surface area (Å²) < 4.78 is 0. The lowest BCUT2D eigenvalue weighted by Gasteiger charge is -1.68. The molecule has 1 aromatic rings. The predicted molar refractivity (Wildman–Crippen MR) is 35.1 cm³/mol. The van der Waals surface area contributed by atoms with Crippen LogP contribution in [0.3, 0.4) is 0 Å². The molecule has 0 nitrogen and oxygen atoms in total. The maximum Gasteiger partial charge on any atom is 0.0230 e. The van der Waals surface area contributed by atoms with Crippen LogP contribution in [0, 0.1) is 13.0 Å². The van der Waals surface area contributed by atoms with E-state index < -0.39 is 0 Å². The van der Waals surface area contributed by atoms with Gasteiger partial charge in [-0.25, -0.2) is 0 Å². The molecule has 0 unspecified atom stereocenters. The number of thiophene rings is 1. The zero-order valence-electron chi connectivity index (χ0n) is 3.93. The van der Waals surface area contributed by atoms with E-state index in [4.69, 9.17) is 0 Å². The minimum atomic E-state index is 0.947. The Hall–Kier alpha value is 0.0500. The average molecular weight is 129 g/mol. The Morgan fingerprint density at radius 2 is 2.57 bits per heavy atom. The maximum atomic E-state index is 4.06. The topological polar surface area (TPSA) is 0 Å². The summed E-state index contributed by atoms with van der Waals surface area (Å²) in [5, 5.41) is 1.97. The fraction of sp³-hybridized carbons (Fsp3) is 0.200. The Morgan fingerprint density at radius 3 is 2.71 bits per heavy atom. The molecule has 0 saturated carbocycles. The highest BCUT2D eigenvalue weighted by Gasteiger charge is 1.86. The van der Waals surface area contributed by atoms with Crippen molar-refractivity contribution in [2.75, 3.05) is 0 Å². The lowest BCUT2D eigenvalue weighted by atomic mass is 10.5. The van der Waals surface area contributed by atoms with Gasteiger partial charge < -0.3 is 0 Å². The third-order valence-corrected chi connectivity index (χ3v) is 1.88. The first kappa shape index (κ1) is 5.19. The molecule has 7 heavy (non-hydrogen) atoms. The van der Waals surface area contributed by atoms with Gasteiger partial charge in [0.15, 0.2) is 0 Å². The highest BCUT2D eigenvalue weighted by atomic mass is 32.1. The Labute approximate surface area is 52.6 Å². The Balaban J connectivity index is 3.04. The molecule has 0 spiro atoms. The quantitative estimate of drug-likeness (QED) is 0.510. The third kappa shape index (κ3) is 1.21. The fourth-order valence-corrected chi connectivity index (χ4v) is 1.30. The van der Waals surface area contributed by atoms with E-state index in [9.17, 15) is 0 Å². The highest BCUT2D eigenvalue weighted by Crippen LogP contribution is 2.14. The normalized spacial score (nSPS) is 9.43. The summed E-state index contributed by atoms with van der Waals surface area (Å²) in [4.78, 5) is 2.15. The van der Waals surface area contributed by atoms with Crippen molar-refractivity contribution in [2.45, 2.75) is 11.8 Å². The third-order valence-electron chi connectivity index (χ3n) is 0.651. The van der Waals surface area contributed by atoms with E-state index in [1.165, 1.54) is 4.88 Å². The number of aryl methyl sites for hydroxylation is 1. The van der Waals surface area contributed by atoms with Gasteiger partial charge in [-0.05, 0) is 6.92 Å². The van der Waals surface area contributed by atoms with E-state index in [1.807, 2.05) is 12.3 Å². The van der Waals surface area contributed by atoms with Crippen molar-refractivity contribution < 1.29 is 0 Å². The SMILES string of the molecule is Cc1[c]c(S)cs1. The maximum absolute atomic E-state index is 4.06. The molecule has 0 atom stereocenters. The second-order valence-corrected chi connectivity index (χ2v) is 2.87. The Kier molecular flexibility index (Phi) is 1.40. The molecule has 1 rings (SSSR count). The van der Waals surface area contributed by atoms with Crippen LogP contribution < -0.4 is 0 Å². The molecule has 0 aromatic carbocycles. The minimum absolute atomic E-state index is 0.947. The predicted octanol–water partition coefficient (Wildman–Crippen LogP) is 2.15. The van der Waals surface area contributed by atoms with Crippen LogP contribution in [-0.2, 0) is 0 Å². The van der Waals surface area contributed by atoms with Crippen molar-refractivity contribution in [3.8, 4) is 0 Å². The van der Waals surface area contributed by atoms with Crippen molar-refractivity contribution in [3.63, 3.8) is 0 Å². The lowest BCUT2D eigenvalue weighted by Crippen LogP contribution is -1.49. The van der Waals surface area contributed by atoms with Gasteiger partial charge in [0.1, 0.15) is 0 Å². The van der Waals surface area contributed by atoms with Gasteiger partial charge in [-0.2, -0.15) is 0 Å². The summed E-state index contributed by atoms with van der Waals surface area (Å²) in [7, 11) is 0. The summed E-state index contributed by atoms with van der Waals surface area (Å²) in [6.45, 7) is 2.02. The largest absolute Gasteiger partial charge is 0.147 e. The van der Waals surface area contributed by atoms with Crippen molar-refractivity contribution >= 4 is 24.0 Å². The van der Waals surface area contributed by atoms with Crippen molar-refractivity contribution in [2.24, 2.45) is 0 Å². The summed E-state index contributed by atoms with van der Waals surface area (Å²) in [6, 6.07) is 3.02. The van der Waals surface area contributed by atoms with Crippen LogP contribution in [0.15, 0.2) is 10.3 Å². The molecular formula is C5H5S2. The van der Waals surface area contributed by atoms with E-state index in [0.717, 1.165) is 4.90 Å². The monoisotopic (exact) mass is 129 g/mol. The van der Waals surface area contributed by atoms with Gasteiger partial charge in [0.25, 0.3) is 0 Å². The van der Waals surface area contributed by atoms with Gasteiger partial charge in [0.2, 0.25) is 0 Å². The van der Waals surface area contributed by atoms with Gasteiger partial charge in [0, 0.05) is 21.2 Å². The Morgan fingerprint density at radius 1 is 1.86 bits per heavy atom. The van der Waals surface area contributed by atoms with E-state index in [1.54, 1.807) is 11.3 Å². The first-order valence-electron chi connectivity index (χ1n) is 1.95. The van der Waals surface area contributed by atoms with Crippen molar-refractivity contribution in [3.05, 3.63) is 16.3 Å². The second-order valence-electron chi connectivity index (χ2n) is 1.30. The smallest absolute Gasteiger partial charge is 0.0230 e. The number of rotatable bonds is 0. The number of hydrogen-bond acceptors (Lipinski definition) is 2. The van der Waals surface area contributed by atoms with Gasteiger partial charge in [-0.15, -0.1) is 24.0 Å². The van der Waals surface area contributed by atoms with Crippen molar-refractivity contribution in [1.29, 1.82) is 0 Å². The molecule has 1 aromatic heterocycles. The molecule has 0 aliphatic rings. The molecule has 0 fully saturated rings. The summed E-state index contributed by atoms with van der Waals surface area (Å²) in [5.74, 6) is 0. The molecule has 1 heterocycles. The van der Waals surface area contributed by atoms with Crippen LogP contribution >= 0.6 is 24.0 Å². The van der Waals surface area contributed by atoms with Gasteiger partial charge in [-0.3, -0.25) is 0 Å². The van der Waals surface area contributed by atoms with E-state index in [2.05, 4.69) is 18.7 Å². The van der Waals surface area contributed by atoms with Crippen LogP contribution in [0.4, 0.5) is 0 Å². The van der Waals surface area contributed by atoms with Gasteiger partial charge in [-0.1, -0.05) is 0 Å². The first-order valence-corrected chi connectivity index (χ1v) is 3.28. The Bertz CT molecular complexity index is 138. The zero-order valence-corrected chi connectivity index (χ0v) is 5.64. The van der Waals surface area contributed by atoms with Crippen LogP contribution in [0.5, 0.6) is 0 Å². The van der Waals surface area contributed by atoms with Crippen molar-refractivity contribution in [1.82, 2.24) is 0 Å². The second kappa shape index (κ2) is 1.88. The molecular weight excluding hydrogens is 124 g/mol. The minimum Gasteiger partial charge on any atom is -0.147 e. The zero-order chi connectivity index (χ0) is 5.28. The molecule has 0 N–H and O–H groups in total. The fourth-order valence-electron chi connectivity index (χ4n) is 0.383. The molecule has 0 aliphatic carbocycles. The van der Waals surface area contributed by atoms with E-state index >= 15 is 0 Å². The number of thiol groups is 1. The molecule has 0 saturated heterocycles. The highest BCUT2D eigenvalue weighted by molar-refractivity contribution is 7.80. The summed E-state index contributed by atoms with van der Waals surface area (Å²) >= 11 is 5.73. The van der Waals surface area contributed by atoms with Crippen LogP contribution in [0.1, 0.15) is 4.88 Å². The molecule has 0 amide bonds. The van der Waals surface area contributed by atoms with E-state index in [-0.39, 0.29) is 0 Å². The van der Waals surface area contributed by atoms with Crippen LogP contribution in [-0.4, -0.2) is 0 Å². The standard InChI is InChI=1S/C5H5S2/c1-4-2-5(6)3-7-4/h3,6H,1H3. The summed E-state index contributed by atoms with van der Waals surface area (Å²) in [6.07, 6.45) is 0. The van der Waals surface area contributed by atoms with Gasteiger partial charge >= 0.3 is 0 Å². The van der Waals surface area contributed by atoms with Crippen LogP contribution in [0.25, 0.3) is 0 Å².